The van der Waals surface area contributed by atoms with Gasteiger partial charge < -0.3 is 9.47 Å². The van der Waals surface area contributed by atoms with Crippen molar-refractivity contribution in [1.82, 2.24) is 0 Å². The average Bonchev–Trinajstić information content (AvgIpc) is 2.63. The van der Waals surface area contributed by atoms with Gasteiger partial charge in [-0.1, -0.05) is 50.5 Å². The van der Waals surface area contributed by atoms with Crippen molar-refractivity contribution in [2.45, 2.75) is 64.2 Å². The van der Waals surface area contributed by atoms with Crippen LogP contribution in [0.1, 0.15) is 69.8 Å². The van der Waals surface area contributed by atoms with Gasteiger partial charge in [0, 0.05) is 7.11 Å². The lowest BCUT2D eigenvalue weighted by molar-refractivity contribution is 0.233. The molecule has 0 N–H and O–H groups in total. The lowest BCUT2D eigenvalue weighted by atomic mass is 9.78. The molecule has 0 spiro atoms. The highest BCUT2D eigenvalue weighted by molar-refractivity contribution is 5.29. The monoisotopic (exact) mass is 330 g/mol. The van der Waals surface area contributed by atoms with Gasteiger partial charge in [0.15, 0.2) is 0 Å². The van der Waals surface area contributed by atoms with Crippen LogP contribution in [0.5, 0.6) is 5.75 Å². The quantitative estimate of drug-likeness (QED) is 0.380. The average molecular weight is 331 g/mol. The summed E-state index contributed by atoms with van der Waals surface area (Å²) in [5.74, 6) is 2.48. The minimum Gasteiger partial charge on any atom is -0.494 e. The highest BCUT2D eigenvalue weighted by atomic mass is 16.5. The van der Waals surface area contributed by atoms with E-state index in [1.807, 2.05) is 0 Å². The van der Waals surface area contributed by atoms with Gasteiger partial charge in [-0.2, -0.15) is 0 Å². The number of methoxy groups -OCH3 is 1. The Hall–Kier alpha value is -1.28. The van der Waals surface area contributed by atoms with Crippen LogP contribution in [0.4, 0.5) is 0 Å². The second kappa shape index (κ2) is 11.3. The van der Waals surface area contributed by atoms with Gasteiger partial charge in [0.25, 0.3) is 0 Å². The zero-order chi connectivity index (χ0) is 17.0. The van der Waals surface area contributed by atoms with Crippen molar-refractivity contribution in [3.8, 4) is 5.75 Å². The highest BCUT2D eigenvalue weighted by Crippen LogP contribution is 2.36. The van der Waals surface area contributed by atoms with Crippen molar-refractivity contribution in [3.63, 3.8) is 0 Å². The number of allylic oxidation sites excluding steroid dienone is 1. The number of ether oxygens (including phenoxy) is 2. The van der Waals surface area contributed by atoms with Crippen LogP contribution in [0.2, 0.25) is 0 Å². The molecule has 1 aromatic carbocycles. The molecule has 1 aliphatic carbocycles. The van der Waals surface area contributed by atoms with Gasteiger partial charge in [-0.05, 0) is 61.6 Å². The third-order valence-corrected chi connectivity index (χ3v) is 5.06. The molecule has 0 aliphatic heterocycles. The normalized spacial score (nSPS) is 21.2. The SMILES string of the molecule is CCCCCCOc1ccc(C2CCC(C=CCOC)CC2)cc1. The van der Waals surface area contributed by atoms with E-state index in [1.165, 1.54) is 50.5 Å². The maximum Gasteiger partial charge on any atom is 0.119 e. The topological polar surface area (TPSA) is 18.5 Å². The molecule has 0 radical (unpaired) electrons. The molecule has 0 unspecified atom stereocenters. The maximum atomic E-state index is 5.85. The lowest BCUT2D eigenvalue weighted by Crippen LogP contribution is -2.11. The molecule has 2 nitrogen and oxygen atoms in total. The van der Waals surface area contributed by atoms with Gasteiger partial charge in [-0.25, -0.2) is 0 Å². The minimum absolute atomic E-state index is 0.718. The van der Waals surface area contributed by atoms with E-state index < -0.39 is 0 Å². The third-order valence-electron chi connectivity index (χ3n) is 5.06. The molecule has 2 rings (SSSR count). The predicted octanol–water partition coefficient (Wildman–Crippen LogP) is 6.12. The standard InChI is InChI=1S/C22H34O2/c1-3-4-5-6-18-24-22-15-13-21(14-16-22)20-11-9-19(10-12-20)8-7-17-23-2/h7-8,13-16,19-20H,3-6,9-12,17-18H2,1-2H3. The van der Waals surface area contributed by atoms with E-state index in [0.29, 0.717) is 0 Å². The fraction of sp³-hybridized carbons (Fsp3) is 0.636. The molecule has 0 aromatic heterocycles. The summed E-state index contributed by atoms with van der Waals surface area (Å²) >= 11 is 0. The molecule has 2 heteroatoms. The number of unbranched alkanes of at least 4 members (excludes halogenated alkanes) is 3. The molecule has 134 valence electrons. The smallest absolute Gasteiger partial charge is 0.119 e. The third kappa shape index (κ3) is 6.68. The van der Waals surface area contributed by atoms with E-state index in [-0.39, 0.29) is 0 Å². The summed E-state index contributed by atoms with van der Waals surface area (Å²) in [6, 6.07) is 8.85. The van der Waals surface area contributed by atoms with Crippen molar-refractivity contribution in [2.75, 3.05) is 20.3 Å². The van der Waals surface area contributed by atoms with Gasteiger partial charge in [0.05, 0.1) is 13.2 Å². The molecule has 1 fully saturated rings. The van der Waals surface area contributed by atoms with Crippen molar-refractivity contribution >= 4 is 0 Å². The van der Waals surface area contributed by atoms with Crippen LogP contribution in [0.15, 0.2) is 36.4 Å². The Morgan fingerprint density at radius 2 is 1.75 bits per heavy atom. The first-order valence-corrected chi connectivity index (χ1v) is 9.71. The van der Waals surface area contributed by atoms with Crippen LogP contribution in [-0.4, -0.2) is 20.3 Å². The first kappa shape index (κ1) is 19.1. The van der Waals surface area contributed by atoms with Crippen LogP contribution in [-0.2, 0) is 4.74 Å². The summed E-state index contributed by atoms with van der Waals surface area (Å²) in [6.07, 6.45) is 14.7. The van der Waals surface area contributed by atoms with E-state index >= 15 is 0 Å². The van der Waals surface area contributed by atoms with Gasteiger partial charge >= 0.3 is 0 Å². The Bertz CT molecular complexity index is 455. The molecule has 0 bridgehead atoms. The van der Waals surface area contributed by atoms with Crippen molar-refractivity contribution < 1.29 is 9.47 Å². The molecule has 1 saturated carbocycles. The summed E-state index contributed by atoms with van der Waals surface area (Å²) in [4.78, 5) is 0. The number of hydrogen-bond acceptors (Lipinski definition) is 2. The number of rotatable bonds is 10. The second-order valence-electron chi connectivity index (χ2n) is 6.97. The van der Waals surface area contributed by atoms with Crippen molar-refractivity contribution in [3.05, 3.63) is 42.0 Å². The van der Waals surface area contributed by atoms with Crippen molar-refractivity contribution in [1.29, 1.82) is 0 Å². The van der Waals surface area contributed by atoms with Crippen LogP contribution in [0.25, 0.3) is 0 Å². The highest BCUT2D eigenvalue weighted by Gasteiger charge is 2.20. The van der Waals surface area contributed by atoms with Gasteiger partial charge in [-0.3, -0.25) is 0 Å². The van der Waals surface area contributed by atoms with Gasteiger partial charge in [0.2, 0.25) is 0 Å². The molecular formula is C22H34O2. The van der Waals surface area contributed by atoms with E-state index in [4.69, 9.17) is 9.47 Å². The Labute approximate surface area is 148 Å². The first-order chi connectivity index (χ1) is 11.8. The maximum absolute atomic E-state index is 5.85. The summed E-state index contributed by atoms with van der Waals surface area (Å²) in [6.45, 7) is 3.82. The summed E-state index contributed by atoms with van der Waals surface area (Å²) in [7, 11) is 1.75. The van der Waals surface area contributed by atoms with Gasteiger partial charge in [0.1, 0.15) is 5.75 Å². The molecule has 0 atom stereocenters. The zero-order valence-electron chi connectivity index (χ0n) is 15.5. The van der Waals surface area contributed by atoms with Crippen LogP contribution >= 0.6 is 0 Å². The molecule has 1 aliphatic rings. The lowest BCUT2D eigenvalue weighted by Gasteiger charge is -2.27. The molecule has 0 saturated heterocycles. The fourth-order valence-corrected chi connectivity index (χ4v) is 3.54. The largest absolute Gasteiger partial charge is 0.494 e. The molecule has 1 aromatic rings. The Morgan fingerprint density at radius 1 is 1.00 bits per heavy atom. The summed E-state index contributed by atoms with van der Waals surface area (Å²) in [5, 5.41) is 0. The van der Waals surface area contributed by atoms with E-state index in [1.54, 1.807) is 7.11 Å². The van der Waals surface area contributed by atoms with Crippen LogP contribution in [0, 0.1) is 5.92 Å². The molecule has 24 heavy (non-hydrogen) atoms. The fourth-order valence-electron chi connectivity index (χ4n) is 3.54. The van der Waals surface area contributed by atoms with Crippen molar-refractivity contribution in [2.24, 2.45) is 5.92 Å². The van der Waals surface area contributed by atoms with E-state index in [9.17, 15) is 0 Å². The Kier molecular flexibility index (Phi) is 8.97. The second-order valence-corrected chi connectivity index (χ2v) is 6.97. The summed E-state index contributed by atoms with van der Waals surface area (Å²) < 4.78 is 10.9. The van der Waals surface area contributed by atoms with E-state index in [0.717, 1.165) is 37.2 Å². The molecule has 0 heterocycles. The van der Waals surface area contributed by atoms with Crippen LogP contribution < -0.4 is 4.74 Å². The zero-order valence-corrected chi connectivity index (χ0v) is 15.5. The number of benzene rings is 1. The van der Waals surface area contributed by atoms with Crippen LogP contribution in [0.3, 0.4) is 0 Å². The Balaban J connectivity index is 1.72. The minimum atomic E-state index is 0.718. The molecular weight excluding hydrogens is 296 g/mol. The number of hydrogen-bond donors (Lipinski definition) is 0. The molecule has 0 amide bonds. The predicted molar refractivity (Wildman–Crippen MR) is 102 cm³/mol. The van der Waals surface area contributed by atoms with Gasteiger partial charge in [-0.15, -0.1) is 0 Å². The Morgan fingerprint density at radius 3 is 2.42 bits per heavy atom. The first-order valence-electron chi connectivity index (χ1n) is 9.71. The van der Waals surface area contributed by atoms with E-state index in [2.05, 4.69) is 43.3 Å². The summed E-state index contributed by atoms with van der Waals surface area (Å²) in [5.41, 5.74) is 1.48.